The number of aryl methyl sites for hydroxylation is 1. The number of hydrogen-bond donors (Lipinski definition) is 2. The second-order valence-corrected chi connectivity index (χ2v) is 7.21. The number of carbonyl (C=O) groups excluding carboxylic acids is 2. The topological polar surface area (TPSA) is 86.7 Å². The summed E-state index contributed by atoms with van der Waals surface area (Å²) < 4.78 is 0. The number of rotatable bonds is 7. The van der Waals surface area contributed by atoms with Crippen LogP contribution in [0.15, 0.2) is 30.3 Å². The Hall–Kier alpha value is -2.37. The summed E-state index contributed by atoms with van der Waals surface area (Å²) in [6.45, 7) is 4.64. The average Bonchev–Trinajstić information content (AvgIpc) is 2.64. The number of amides is 2. The van der Waals surface area contributed by atoms with Crippen LogP contribution in [-0.2, 0) is 20.8 Å². The molecule has 1 aromatic carbocycles. The van der Waals surface area contributed by atoms with Gasteiger partial charge in [0.15, 0.2) is 0 Å². The van der Waals surface area contributed by atoms with Gasteiger partial charge in [-0.2, -0.15) is 0 Å². The molecule has 1 atom stereocenters. The molecule has 1 aliphatic rings. The third kappa shape index (κ3) is 5.58. The van der Waals surface area contributed by atoms with Crippen molar-refractivity contribution in [3.05, 3.63) is 35.9 Å². The fraction of sp³-hybridized carbons (Fsp3) is 0.550. The van der Waals surface area contributed by atoms with Crippen molar-refractivity contribution in [3.8, 4) is 0 Å². The van der Waals surface area contributed by atoms with Gasteiger partial charge in [-0.05, 0) is 30.7 Å². The summed E-state index contributed by atoms with van der Waals surface area (Å²) >= 11 is 0. The van der Waals surface area contributed by atoms with Crippen molar-refractivity contribution >= 4 is 17.8 Å². The molecule has 0 aliphatic carbocycles. The molecule has 1 aliphatic heterocycles. The van der Waals surface area contributed by atoms with Crippen LogP contribution in [0, 0.1) is 11.8 Å². The van der Waals surface area contributed by atoms with Gasteiger partial charge < -0.3 is 15.3 Å². The van der Waals surface area contributed by atoms with Crippen LogP contribution in [-0.4, -0.2) is 46.9 Å². The second-order valence-electron chi connectivity index (χ2n) is 7.21. The van der Waals surface area contributed by atoms with Gasteiger partial charge >= 0.3 is 5.97 Å². The minimum atomic E-state index is -1.01. The molecule has 0 bridgehead atoms. The van der Waals surface area contributed by atoms with Gasteiger partial charge in [-0.1, -0.05) is 44.2 Å². The Bertz CT molecular complexity index is 622. The molecule has 1 aromatic rings. The highest BCUT2D eigenvalue weighted by Crippen LogP contribution is 2.19. The quantitative estimate of drug-likeness (QED) is 0.779. The first kappa shape index (κ1) is 19.9. The minimum absolute atomic E-state index is 0.110. The second kappa shape index (κ2) is 9.36. The Labute approximate surface area is 154 Å². The lowest BCUT2D eigenvalue weighted by Gasteiger charge is -2.32. The highest BCUT2D eigenvalue weighted by Gasteiger charge is 2.30. The van der Waals surface area contributed by atoms with Crippen molar-refractivity contribution in [2.75, 3.05) is 13.1 Å². The van der Waals surface area contributed by atoms with Crippen LogP contribution < -0.4 is 5.32 Å². The van der Waals surface area contributed by atoms with Crippen molar-refractivity contribution in [1.29, 1.82) is 0 Å². The maximum absolute atomic E-state index is 12.4. The number of aliphatic carboxylic acids is 1. The SMILES string of the molecule is CC(C)[C@H](NC(=O)C1CCN(C(=O)CCc2ccccc2)CC1)C(=O)O. The van der Waals surface area contributed by atoms with E-state index in [2.05, 4.69) is 5.32 Å². The number of carboxylic acid groups (broad SMARTS) is 1. The van der Waals surface area contributed by atoms with Gasteiger partial charge in [0.05, 0.1) is 0 Å². The van der Waals surface area contributed by atoms with Crippen molar-refractivity contribution in [1.82, 2.24) is 10.2 Å². The van der Waals surface area contributed by atoms with Crippen LogP contribution in [0.5, 0.6) is 0 Å². The predicted molar refractivity (Wildman–Crippen MR) is 98.5 cm³/mol. The number of hydrogen-bond acceptors (Lipinski definition) is 3. The lowest BCUT2D eigenvalue weighted by Crippen LogP contribution is -2.49. The average molecular weight is 360 g/mol. The van der Waals surface area contributed by atoms with Crippen LogP contribution in [0.2, 0.25) is 0 Å². The zero-order valence-electron chi connectivity index (χ0n) is 15.5. The fourth-order valence-electron chi connectivity index (χ4n) is 3.23. The fourth-order valence-corrected chi connectivity index (χ4v) is 3.23. The normalized spacial score (nSPS) is 16.3. The van der Waals surface area contributed by atoms with E-state index in [4.69, 9.17) is 0 Å². The Morgan fingerprint density at radius 2 is 1.77 bits per heavy atom. The van der Waals surface area contributed by atoms with E-state index in [9.17, 15) is 19.5 Å². The van der Waals surface area contributed by atoms with E-state index in [1.807, 2.05) is 35.2 Å². The van der Waals surface area contributed by atoms with Crippen molar-refractivity contribution in [2.45, 2.75) is 45.6 Å². The molecule has 6 nitrogen and oxygen atoms in total. The summed E-state index contributed by atoms with van der Waals surface area (Å²) in [5.41, 5.74) is 1.14. The van der Waals surface area contributed by atoms with Gasteiger partial charge in [0.2, 0.25) is 11.8 Å². The van der Waals surface area contributed by atoms with E-state index in [0.29, 0.717) is 32.4 Å². The van der Waals surface area contributed by atoms with Gasteiger partial charge in [-0.3, -0.25) is 9.59 Å². The smallest absolute Gasteiger partial charge is 0.326 e. The zero-order valence-corrected chi connectivity index (χ0v) is 15.5. The van der Waals surface area contributed by atoms with Crippen molar-refractivity contribution in [2.24, 2.45) is 11.8 Å². The molecule has 2 rings (SSSR count). The highest BCUT2D eigenvalue weighted by atomic mass is 16.4. The maximum Gasteiger partial charge on any atom is 0.326 e. The first-order valence-corrected chi connectivity index (χ1v) is 9.23. The van der Waals surface area contributed by atoms with Gasteiger partial charge in [0, 0.05) is 25.4 Å². The summed E-state index contributed by atoms with van der Waals surface area (Å²) in [7, 11) is 0. The number of piperidine rings is 1. The number of carboxylic acids is 1. The molecule has 1 heterocycles. The molecule has 0 saturated carbocycles. The molecule has 0 radical (unpaired) electrons. The minimum Gasteiger partial charge on any atom is -0.480 e. The monoisotopic (exact) mass is 360 g/mol. The molecule has 0 aromatic heterocycles. The number of nitrogens with zero attached hydrogens (tertiary/aromatic N) is 1. The molecule has 1 saturated heterocycles. The molecule has 2 amide bonds. The molecule has 6 heteroatoms. The molecular weight excluding hydrogens is 332 g/mol. The lowest BCUT2D eigenvalue weighted by atomic mass is 9.94. The zero-order chi connectivity index (χ0) is 19.1. The first-order valence-electron chi connectivity index (χ1n) is 9.23. The first-order chi connectivity index (χ1) is 12.4. The standard InChI is InChI=1S/C20H28N2O4/c1-14(2)18(20(25)26)21-19(24)16-10-12-22(13-11-16)17(23)9-8-15-6-4-3-5-7-15/h3-7,14,16,18H,8-13H2,1-2H3,(H,21,24)(H,25,26)/t18-/m0/s1. The molecule has 142 valence electrons. The highest BCUT2D eigenvalue weighted by molar-refractivity contribution is 5.85. The van der Waals surface area contributed by atoms with Gasteiger partial charge in [-0.25, -0.2) is 4.79 Å². The van der Waals surface area contributed by atoms with E-state index < -0.39 is 12.0 Å². The lowest BCUT2D eigenvalue weighted by molar-refractivity contribution is -0.144. The van der Waals surface area contributed by atoms with E-state index >= 15 is 0 Å². The molecule has 0 unspecified atom stereocenters. The van der Waals surface area contributed by atoms with E-state index in [0.717, 1.165) is 12.0 Å². The van der Waals surface area contributed by atoms with Gasteiger partial charge in [0.1, 0.15) is 6.04 Å². The van der Waals surface area contributed by atoms with Crippen molar-refractivity contribution in [3.63, 3.8) is 0 Å². The number of carbonyl (C=O) groups is 3. The largest absolute Gasteiger partial charge is 0.480 e. The molecule has 1 fully saturated rings. The Balaban J connectivity index is 1.78. The summed E-state index contributed by atoms with van der Waals surface area (Å²) in [5, 5.41) is 11.8. The van der Waals surface area contributed by atoms with Crippen molar-refractivity contribution < 1.29 is 19.5 Å². The van der Waals surface area contributed by atoms with E-state index in [1.165, 1.54) is 0 Å². The summed E-state index contributed by atoms with van der Waals surface area (Å²) in [5.74, 6) is -1.52. The van der Waals surface area contributed by atoms with E-state index in [-0.39, 0.29) is 23.7 Å². The van der Waals surface area contributed by atoms with Crippen LogP contribution in [0.25, 0.3) is 0 Å². The summed E-state index contributed by atoms with van der Waals surface area (Å²) in [4.78, 5) is 37.7. The summed E-state index contributed by atoms with van der Waals surface area (Å²) in [6.07, 6.45) is 2.34. The van der Waals surface area contributed by atoms with Gasteiger partial charge in [0.25, 0.3) is 0 Å². The number of nitrogens with one attached hydrogen (secondary N) is 1. The van der Waals surface area contributed by atoms with Crippen LogP contribution in [0.4, 0.5) is 0 Å². The molecule has 2 N–H and O–H groups in total. The van der Waals surface area contributed by atoms with Crippen LogP contribution in [0.3, 0.4) is 0 Å². The number of benzene rings is 1. The molecular formula is C20H28N2O4. The number of likely N-dealkylation sites (tertiary alicyclic amines) is 1. The Kier molecular flexibility index (Phi) is 7.18. The third-order valence-electron chi connectivity index (χ3n) is 4.92. The van der Waals surface area contributed by atoms with Gasteiger partial charge in [-0.15, -0.1) is 0 Å². The Morgan fingerprint density at radius 3 is 2.31 bits per heavy atom. The third-order valence-corrected chi connectivity index (χ3v) is 4.92. The van der Waals surface area contributed by atoms with Crippen LogP contribution >= 0.6 is 0 Å². The molecule has 0 spiro atoms. The molecule has 26 heavy (non-hydrogen) atoms. The Morgan fingerprint density at radius 1 is 1.15 bits per heavy atom. The maximum atomic E-state index is 12.4. The summed E-state index contributed by atoms with van der Waals surface area (Å²) in [6, 6.07) is 9.04. The predicted octanol–water partition coefficient (Wildman–Crippen LogP) is 2.08. The van der Waals surface area contributed by atoms with E-state index in [1.54, 1.807) is 13.8 Å². The van der Waals surface area contributed by atoms with Crippen LogP contribution in [0.1, 0.15) is 38.7 Å².